The largest absolute Gasteiger partial charge is 0.455 e. The maximum absolute atomic E-state index is 6.74. The SMILES string of the molecule is c1ccc(-c2c(-c3ccc(N(c4cccc(-c5ccc6ccccc6c5)c4)c4cccc5oc6c7ccccc7ccc6c45)cc3)c3ccccc3c3ccccc23)cc1. The van der Waals surface area contributed by atoms with E-state index in [2.05, 4.69) is 229 Å². The van der Waals surface area contributed by atoms with Crippen molar-refractivity contribution in [1.82, 2.24) is 0 Å². The molecule has 12 rings (SSSR count). The number of furan rings is 1. The molecule has 0 aliphatic heterocycles. The molecule has 0 bridgehead atoms. The molecule has 0 aliphatic rings. The second kappa shape index (κ2) is 13.9. The summed E-state index contributed by atoms with van der Waals surface area (Å²) in [5.74, 6) is 0. The first kappa shape index (κ1) is 34.1. The molecule has 2 heteroatoms. The van der Waals surface area contributed by atoms with E-state index < -0.39 is 0 Å². The number of rotatable bonds is 6. The number of nitrogens with zero attached hydrogens (tertiary/aromatic N) is 1. The van der Waals surface area contributed by atoms with Crippen LogP contribution in [0.5, 0.6) is 0 Å². The lowest BCUT2D eigenvalue weighted by Gasteiger charge is -2.27. The molecule has 12 aromatic rings. The lowest BCUT2D eigenvalue weighted by molar-refractivity contribution is 0.672. The van der Waals surface area contributed by atoms with Gasteiger partial charge in [-0.15, -0.1) is 0 Å². The Morgan fingerprint density at radius 1 is 0.300 bits per heavy atom. The van der Waals surface area contributed by atoms with Crippen LogP contribution in [0, 0.1) is 0 Å². The molecule has 0 amide bonds. The van der Waals surface area contributed by atoms with E-state index in [4.69, 9.17) is 4.42 Å². The number of benzene rings is 11. The molecular formula is C58H37NO. The lowest BCUT2D eigenvalue weighted by Crippen LogP contribution is -2.10. The summed E-state index contributed by atoms with van der Waals surface area (Å²) in [5.41, 5.74) is 12.2. The van der Waals surface area contributed by atoms with Gasteiger partial charge in [-0.05, 0) is 120 Å². The normalized spacial score (nSPS) is 11.7. The fraction of sp³-hybridized carbons (Fsp3) is 0. The van der Waals surface area contributed by atoms with Crippen molar-refractivity contribution in [3.63, 3.8) is 0 Å². The highest BCUT2D eigenvalue weighted by molar-refractivity contribution is 6.22. The summed E-state index contributed by atoms with van der Waals surface area (Å²) in [6.45, 7) is 0. The second-order valence-corrected chi connectivity index (χ2v) is 15.6. The monoisotopic (exact) mass is 763 g/mol. The van der Waals surface area contributed by atoms with E-state index in [9.17, 15) is 0 Å². The van der Waals surface area contributed by atoms with Gasteiger partial charge in [-0.25, -0.2) is 0 Å². The maximum atomic E-state index is 6.74. The van der Waals surface area contributed by atoms with Crippen LogP contribution >= 0.6 is 0 Å². The first-order valence-electron chi connectivity index (χ1n) is 20.6. The van der Waals surface area contributed by atoms with Gasteiger partial charge >= 0.3 is 0 Å². The average molecular weight is 764 g/mol. The predicted octanol–water partition coefficient (Wildman–Crippen LogP) is 16.7. The molecule has 11 aromatic carbocycles. The molecule has 0 radical (unpaired) electrons. The van der Waals surface area contributed by atoms with Crippen molar-refractivity contribution >= 4 is 82.1 Å². The van der Waals surface area contributed by atoms with Gasteiger partial charge in [0.15, 0.2) is 0 Å². The van der Waals surface area contributed by atoms with E-state index in [-0.39, 0.29) is 0 Å². The molecule has 280 valence electrons. The number of hydrogen-bond donors (Lipinski definition) is 0. The average Bonchev–Trinajstić information content (AvgIpc) is 3.72. The summed E-state index contributed by atoms with van der Waals surface area (Å²) in [4.78, 5) is 2.40. The molecule has 1 heterocycles. The van der Waals surface area contributed by atoms with Crippen LogP contribution in [0.1, 0.15) is 0 Å². The quantitative estimate of drug-likeness (QED) is 0.157. The summed E-state index contributed by atoms with van der Waals surface area (Å²) in [6.07, 6.45) is 0. The van der Waals surface area contributed by atoms with Crippen LogP contribution in [-0.4, -0.2) is 0 Å². The molecule has 0 saturated carbocycles. The topological polar surface area (TPSA) is 16.4 Å². The van der Waals surface area contributed by atoms with Gasteiger partial charge in [-0.2, -0.15) is 0 Å². The van der Waals surface area contributed by atoms with E-state index in [1.54, 1.807) is 0 Å². The van der Waals surface area contributed by atoms with Crippen molar-refractivity contribution in [2.75, 3.05) is 4.90 Å². The molecule has 0 aliphatic carbocycles. The van der Waals surface area contributed by atoms with Crippen molar-refractivity contribution in [3.8, 4) is 33.4 Å². The zero-order chi connectivity index (χ0) is 39.6. The molecule has 2 nitrogen and oxygen atoms in total. The Balaban J connectivity index is 1.09. The van der Waals surface area contributed by atoms with E-state index in [1.807, 2.05) is 0 Å². The van der Waals surface area contributed by atoms with Crippen LogP contribution in [0.4, 0.5) is 17.1 Å². The number of fused-ring (bicyclic) bond motifs is 9. The van der Waals surface area contributed by atoms with Crippen LogP contribution < -0.4 is 4.90 Å². The Morgan fingerprint density at radius 2 is 0.850 bits per heavy atom. The third-order valence-electron chi connectivity index (χ3n) is 12.2. The van der Waals surface area contributed by atoms with E-state index in [0.29, 0.717) is 0 Å². The molecule has 1 aromatic heterocycles. The molecular weight excluding hydrogens is 727 g/mol. The summed E-state index contributed by atoms with van der Waals surface area (Å²) >= 11 is 0. The van der Waals surface area contributed by atoms with Crippen LogP contribution in [0.2, 0.25) is 0 Å². The van der Waals surface area contributed by atoms with Gasteiger partial charge < -0.3 is 9.32 Å². The zero-order valence-electron chi connectivity index (χ0n) is 32.7. The Hall–Kier alpha value is -7.94. The molecule has 0 unspecified atom stereocenters. The van der Waals surface area contributed by atoms with Gasteiger partial charge in [0.25, 0.3) is 0 Å². The van der Waals surface area contributed by atoms with E-state index in [1.165, 1.54) is 60.1 Å². The Labute approximate surface area is 347 Å². The van der Waals surface area contributed by atoms with Crippen LogP contribution in [-0.2, 0) is 0 Å². The van der Waals surface area contributed by atoms with E-state index in [0.717, 1.165) is 55.3 Å². The first-order chi connectivity index (χ1) is 29.8. The summed E-state index contributed by atoms with van der Waals surface area (Å²) in [5, 5.41) is 11.9. The highest BCUT2D eigenvalue weighted by Gasteiger charge is 2.22. The lowest BCUT2D eigenvalue weighted by atomic mass is 9.85. The highest BCUT2D eigenvalue weighted by Crippen LogP contribution is 2.48. The van der Waals surface area contributed by atoms with Gasteiger partial charge in [0.2, 0.25) is 0 Å². The summed E-state index contributed by atoms with van der Waals surface area (Å²) in [7, 11) is 0. The molecule has 0 fully saturated rings. The summed E-state index contributed by atoms with van der Waals surface area (Å²) < 4.78 is 6.74. The maximum Gasteiger partial charge on any atom is 0.143 e. The first-order valence-corrected chi connectivity index (χ1v) is 20.6. The van der Waals surface area contributed by atoms with Gasteiger partial charge in [-0.1, -0.05) is 176 Å². The minimum absolute atomic E-state index is 0.862. The molecule has 0 N–H and O–H groups in total. The fourth-order valence-corrected chi connectivity index (χ4v) is 9.47. The second-order valence-electron chi connectivity index (χ2n) is 15.6. The van der Waals surface area contributed by atoms with Crippen molar-refractivity contribution < 1.29 is 4.42 Å². The molecule has 0 atom stereocenters. The third-order valence-corrected chi connectivity index (χ3v) is 12.2. The van der Waals surface area contributed by atoms with Crippen molar-refractivity contribution in [1.29, 1.82) is 0 Å². The van der Waals surface area contributed by atoms with Crippen LogP contribution in [0.15, 0.2) is 229 Å². The van der Waals surface area contributed by atoms with Crippen molar-refractivity contribution in [2.24, 2.45) is 0 Å². The van der Waals surface area contributed by atoms with Gasteiger partial charge in [0.05, 0.1) is 11.1 Å². The van der Waals surface area contributed by atoms with Crippen molar-refractivity contribution in [2.45, 2.75) is 0 Å². The van der Waals surface area contributed by atoms with Crippen molar-refractivity contribution in [3.05, 3.63) is 224 Å². The minimum atomic E-state index is 0.862. The number of anilines is 3. The van der Waals surface area contributed by atoms with Crippen LogP contribution in [0.25, 0.3) is 98.4 Å². The standard InChI is InChI=1S/C58H37NO/c1-2-16-40(17-3-1)55-50-24-10-8-22-48(50)49-23-9-11-25-51(49)56(55)41-30-33-45(34-31-41)59(46-20-12-19-43(37-46)44-29-28-38-14-4-5-18-42(38)36-44)53-26-13-27-54-57(53)52-35-32-39-15-6-7-21-47(39)58(52)60-54/h1-37H. The minimum Gasteiger partial charge on any atom is -0.455 e. The third kappa shape index (κ3) is 5.50. The van der Waals surface area contributed by atoms with Crippen LogP contribution in [0.3, 0.4) is 0 Å². The highest BCUT2D eigenvalue weighted by atomic mass is 16.3. The zero-order valence-corrected chi connectivity index (χ0v) is 32.7. The Kier molecular flexibility index (Phi) is 7.89. The smallest absolute Gasteiger partial charge is 0.143 e. The predicted molar refractivity (Wildman–Crippen MR) is 255 cm³/mol. The Bertz CT molecular complexity index is 3600. The van der Waals surface area contributed by atoms with Gasteiger partial charge in [-0.3, -0.25) is 0 Å². The van der Waals surface area contributed by atoms with Gasteiger partial charge in [0.1, 0.15) is 11.2 Å². The number of hydrogen-bond acceptors (Lipinski definition) is 2. The molecule has 0 spiro atoms. The van der Waals surface area contributed by atoms with Gasteiger partial charge in [0, 0.05) is 22.1 Å². The Morgan fingerprint density at radius 3 is 1.60 bits per heavy atom. The summed E-state index contributed by atoms with van der Waals surface area (Å²) in [6, 6.07) is 81.3. The van der Waals surface area contributed by atoms with E-state index >= 15 is 0 Å². The molecule has 60 heavy (non-hydrogen) atoms. The molecule has 0 saturated heterocycles. The fourth-order valence-electron chi connectivity index (χ4n) is 9.47.